The van der Waals surface area contributed by atoms with Gasteiger partial charge in [0.2, 0.25) is 0 Å². The molecule has 0 radical (unpaired) electrons. The number of hydrogen-bond donors (Lipinski definition) is 0. The topological polar surface area (TPSA) is 58.9 Å². The lowest BCUT2D eigenvalue weighted by molar-refractivity contribution is -0.118. The molecule has 2 amide bonds. The van der Waals surface area contributed by atoms with Crippen LogP contribution < -0.4 is 0 Å². The van der Waals surface area contributed by atoms with Crippen LogP contribution in [-0.4, -0.2) is 11.8 Å². The van der Waals surface area contributed by atoms with E-state index >= 15 is 0 Å². The number of azo groups is 1. The first-order valence-electron chi connectivity index (χ1n) is 4.28. The highest BCUT2D eigenvalue weighted by molar-refractivity contribution is 5.95. The summed E-state index contributed by atoms with van der Waals surface area (Å²) < 4.78 is 0. The fraction of sp³-hybridized carbons (Fsp3) is 0.200. The van der Waals surface area contributed by atoms with E-state index in [0.717, 1.165) is 0 Å². The summed E-state index contributed by atoms with van der Waals surface area (Å²) >= 11 is 0. The molecule has 0 aliphatic heterocycles. The molecule has 0 spiro atoms. The standard InChI is InChI=1S/C10H10N2O2/c1-2-9(13)11-12-10(14)8-6-4-3-5-7-8/h3-7H,2H2,1H3. The first-order chi connectivity index (χ1) is 6.74. The van der Waals surface area contributed by atoms with Gasteiger partial charge in [0, 0.05) is 12.0 Å². The minimum Gasteiger partial charge on any atom is -0.271 e. The number of rotatable bonds is 2. The maximum Gasteiger partial charge on any atom is 0.295 e. The van der Waals surface area contributed by atoms with E-state index in [2.05, 4.69) is 10.2 Å². The number of carbonyl (C=O) groups excluding carboxylic acids is 2. The Morgan fingerprint density at radius 2 is 1.79 bits per heavy atom. The Kier molecular flexibility index (Phi) is 3.67. The predicted octanol–water partition coefficient (Wildman–Crippen LogP) is 2.22. The van der Waals surface area contributed by atoms with Crippen LogP contribution in [0, 0.1) is 0 Å². The molecule has 14 heavy (non-hydrogen) atoms. The van der Waals surface area contributed by atoms with Crippen LogP contribution in [0.25, 0.3) is 0 Å². The zero-order chi connectivity index (χ0) is 10.4. The Morgan fingerprint density at radius 3 is 2.36 bits per heavy atom. The summed E-state index contributed by atoms with van der Waals surface area (Å²) in [6.07, 6.45) is 0.256. The molecular formula is C10H10N2O2. The van der Waals surface area contributed by atoms with Crippen LogP contribution in [0.4, 0.5) is 0 Å². The fourth-order valence-corrected chi connectivity index (χ4v) is 0.810. The van der Waals surface area contributed by atoms with E-state index in [4.69, 9.17) is 0 Å². The molecule has 0 bridgehead atoms. The molecule has 0 fully saturated rings. The van der Waals surface area contributed by atoms with E-state index in [-0.39, 0.29) is 6.42 Å². The van der Waals surface area contributed by atoms with Crippen molar-refractivity contribution in [3.05, 3.63) is 35.9 Å². The first-order valence-corrected chi connectivity index (χ1v) is 4.28. The Labute approximate surface area is 81.7 Å². The van der Waals surface area contributed by atoms with Crippen LogP contribution in [0.15, 0.2) is 40.6 Å². The highest BCUT2D eigenvalue weighted by atomic mass is 16.2. The number of amides is 2. The van der Waals surface area contributed by atoms with Gasteiger partial charge in [-0.25, -0.2) is 0 Å². The zero-order valence-corrected chi connectivity index (χ0v) is 7.80. The maximum absolute atomic E-state index is 11.3. The summed E-state index contributed by atoms with van der Waals surface area (Å²) in [6.45, 7) is 1.66. The van der Waals surface area contributed by atoms with Crippen LogP contribution in [0.2, 0.25) is 0 Å². The van der Waals surface area contributed by atoms with Gasteiger partial charge in [0.1, 0.15) is 0 Å². The molecule has 0 heterocycles. The van der Waals surface area contributed by atoms with Gasteiger partial charge >= 0.3 is 0 Å². The Morgan fingerprint density at radius 1 is 1.14 bits per heavy atom. The van der Waals surface area contributed by atoms with Crippen molar-refractivity contribution in [2.24, 2.45) is 10.2 Å². The third-order valence-electron chi connectivity index (χ3n) is 1.58. The normalized spacial score (nSPS) is 10.4. The molecule has 0 aliphatic carbocycles. The third kappa shape index (κ3) is 2.90. The quantitative estimate of drug-likeness (QED) is 0.671. The van der Waals surface area contributed by atoms with Gasteiger partial charge in [0.15, 0.2) is 0 Å². The van der Waals surface area contributed by atoms with Gasteiger partial charge in [0.25, 0.3) is 11.8 Å². The highest BCUT2D eigenvalue weighted by Crippen LogP contribution is 2.01. The molecule has 0 aromatic heterocycles. The molecule has 0 aliphatic rings. The van der Waals surface area contributed by atoms with Crippen molar-refractivity contribution >= 4 is 11.8 Å². The lowest BCUT2D eigenvalue weighted by atomic mass is 10.2. The molecule has 0 saturated carbocycles. The van der Waals surface area contributed by atoms with Gasteiger partial charge in [-0.2, -0.15) is 0 Å². The summed E-state index contributed by atoms with van der Waals surface area (Å²) in [5, 5.41) is 6.56. The first kappa shape index (κ1) is 10.2. The molecule has 0 atom stereocenters. The van der Waals surface area contributed by atoms with E-state index in [9.17, 15) is 9.59 Å². The van der Waals surface area contributed by atoms with Crippen LogP contribution in [0.1, 0.15) is 23.7 Å². The Hall–Kier alpha value is -1.84. The number of hydrogen-bond acceptors (Lipinski definition) is 2. The van der Waals surface area contributed by atoms with Crippen LogP contribution in [0.5, 0.6) is 0 Å². The molecule has 1 aromatic rings. The second-order valence-corrected chi connectivity index (χ2v) is 2.62. The predicted molar refractivity (Wildman–Crippen MR) is 50.9 cm³/mol. The molecule has 1 aromatic carbocycles. The van der Waals surface area contributed by atoms with E-state index in [0.29, 0.717) is 5.56 Å². The average Bonchev–Trinajstić information content (AvgIpc) is 2.26. The second kappa shape index (κ2) is 5.01. The smallest absolute Gasteiger partial charge is 0.271 e. The van der Waals surface area contributed by atoms with E-state index in [1.165, 1.54) is 0 Å². The highest BCUT2D eigenvalue weighted by Gasteiger charge is 2.02. The summed E-state index contributed by atoms with van der Waals surface area (Å²) in [5.74, 6) is -0.887. The van der Waals surface area contributed by atoms with Crippen molar-refractivity contribution in [2.75, 3.05) is 0 Å². The van der Waals surface area contributed by atoms with Crippen molar-refractivity contribution in [3.63, 3.8) is 0 Å². The minimum absolute atomic E-state index is 0.256. The maximum atomic E-state index is 11.3. The van der Waals surface area contributed by atoms with Gasteiger partial charge in [0.05, 0.1) is 0 Å². The van der Waals surface area contributed by atoms with E-state index in [1.54, 1.807) is 37.3 Å². The number of nitrogens with zero attached hydrogens (tertiary/aromatic N) is 2. The van der Waals surface area contributed by atoms with Crippen LogP contribution in [-0.2, 0) is 4.79 Å². The summed E-state index contributed by atoms with van der Waals surface area (Å²) in [4.78, 5) is 22.0. The Balaban J connectivity index is 2.69. The van der Waals surface area contributed by atoms with Crippen LogP contribution >= 0.6 is 0 Å². The second-order valence-electron chi connectivity index (χ2n) is 2.62. The summed E-state index contributed by atoms with van der Waals surface area (Å²) in [7, 11) is 0. The molecule has 1 rings (SSSR count). The SMILES string of the molecule is CCC(=O)N=NC(=O)c1ccccc1. The molecule has 4 nitrogen and oxygen atoms in total. The summed E-state index contributed by atoms with van der Waals surface area (Å²) in [5.41, 5.74) is 0.431. The van der Waals surface area contributed by atoms with Gasteiger partial charge in [-0.15, -0.1) is 10.2 Å². The van der Waals surface area contributed by atoms with Crippen molar-refractivity contribution in [3.8, 4) is 0 Å². The molecule has 72 valence electrons. The summed E-state index contributed by atoms with van der Waals surface area (Å²) in [6, 6.07) is 8.50. The molecule has 4 heteroatoms. The number of carbonyl (C=O) groups is 2. The average molecular weight is 190 g/mol. The van der Waals surface area contributed by atoms with Crippen LogP contribution in [0.3, 0.4) is 0 Å². The molecule has 0 N–H and O–H groups in total. The monoisotopic (exact) mass is 190 g/mol. The van der Waals surface area contributed by atoms with Crippen molar-refractivity contribution < 1.29 is 9.59 Å². The van der Waals surface area contributed by atoms with Gasteiger partial charge < -0.3 is 0 Å². The van der Waals surface area contributed by atoms with Crippen molar-refractivity contribution in [1.29, 1.82) is 0 Å². The van der Waals surface area contributed by atoms with Gasteiger partial charge in [-0.1, -0.05) is 25.1 Å². The van der Waals surface area contributed by atoms with Crippen molar-refractivity contribution in [1.82, 2.24) is 0 Å². The van der Waals surface area contributed by atoms with E-state index in [1.807, 2.05) is 0 Å². The lowest BCUT2D eigenvalue weighted by Crippen LogP contribution is -1.95. The third-order valence-corrected chi connectivity index (χ3v) is 1.58. The minimum atomic E-state index is -0.493. The largest absolute Gasteiger partial charge is 0.295 e. The fourth-order valence-electron chi connectivity index (χ4n) is 0.810. The Bertz CT molecular complexity index is 358. The van der Waals surface area contributed by atoms with Gasteiger partial charge in [-0.05, 0) is 12.1 Å². The number of benzene rings is 1. The zero-order valence-electron chi connectivity index (χ0n) is 7.80. The molecule has 0 saturated heterocycles. The molecular weight excluding hydrogens is 180 g/mol. The van der Waals surface area contributed by atoms with E-state index < -0.39 is 11.8 Å². The lowest BCUT2D eigenvalue weighted by Gasteiger charge is -1.91. The van der Waals surface area contributed by atoms with Gasteiger partial charge in [-0.3, -0.25) is 9.59 Å². The molecule has 0 unspecified atom stereocenters. The van der Waals surface area contributed by atoms with Crippen molar-refractivity contribution in [2.45, 2.75) is 13.3 Å².